The molecule has 2 heterocycles. The zero-order valence-electron chi connectivity index (χ0n) is 14.6. The van der Waals surface area contributed by atoms with Gasteiger partial charge in [-0.15, -0.1) is 0 Å². The number of nitrogens with zero attached hydrogens (tertiary/aromatic N) is 2. The lowest BCUT2D eigenvalue weighted by Gasteiger charge is -2.19. The number of nitrogens with one attached hydrogen (secondary N) is 1. The highest BCUT2D eigenvalue weighted by Gasteiger charge is 2.33. The molecule has 2 aromatic rings. The molecule has 0 saturated carbocycles. The number of pyridine rings is 1. The van der Waals surface area contributed by atoms with E-state index in [4.69, 9.17) is 4.74 Å². The first-order chi connectivity index (χ1) is 13.1. The maximum absolute atomic E-state index is 14.0. The molecule has 0 aliphatic carbocycles. The van der Waals surface area contributed by atoms with Crippen LogP contribution < -0.4 is 10.1 Å². The number of halogens is 4. The molecule has 1 N–H and O–H groups in total. The van der Waals surface area contributed by atoms with Gasteiger partial charge < -0.3 is 15.0 Å². The number of rotatable bonds is 4. The Kier molecular flexibility index (Phi) is 5.21. The second-order valence-corrected chi connectivity index (χ2v) is 6.17. The van der Waals surface area contributed by atoms with E-state index in [-0.39, 0.29) is 29.6 Å². The van der Waals surface area contributed by atoms with E-state index in [1.165, 1.54) is 24.1 Å². The second-order valence-electron chi connectivity index (χ2n) is 6.17. The van der Waals surface area contributed by atoms with Gasteiger partial charge in [-0.1, -0.05) is 0 Å². The van der Waals surface area contributed by atoms with Crippen LogP contribution in [0.4, 0.5) is 23.2 Å². The van der Waals surface area contributed by atoms with Gasteiger partial charge in [0.25, 0.3) is 0 Å². The lowest BCUT2D eigenvalue weighted by atomic mass is 10.2. The highest BCUT2D eigenvalue weighted by molar-refractivity contribution is 5.99. The van der Waals surface area contributed by atoms with Crippen molar-refractivity contribution >= 4 is 17.5 Å². The molecular formula is C18H15F4N3O3. The van der Waals surface area contributed by atoms with Crippen molar-refractivity contribution in [1.82, 2.24) is 9.88 Å². The Labute approximate surface area is 157 Å². The third-order valence-electron chi connectivity index (χ3n) is 4.28. The summed E-state index contributed by atoms with van der Waals surface area (Å²) in [5, 5.41) is 2.40. The predicted molar refractivity (Wildman–Crippen MR) is 90.1 cm³/mol. The van der Waals surface area contributed by atoms with Crippen molar-refractivity contribution < 1.29 is 31.9 Å². The molecule has 2 amide bonds. The predicted octanol–water partition coefficient (Wildman–Crippen LogP) is 3.59. The lowest BCUT2D eigenvalue weighted by Crippen LogP contribution is -2.39. The number of carbonyl (C=O) groups is 2. The number of amides is 2. The number of likely N-dealkylation sites (N-methyl/N-ethyl adjacent to an activating group) is 1. The highest BCUT2D eigenvalue weighted by atomic mass is 19.4. The Hall–Kier alpha value is -3.17. The molecule has 1 atom stereocenters. The molecule has 28 heavy (non-hydrogen) atoms. The molecule has 3 rings (SSSR count). The van der Waals surface area contributed by atoms with Gasteiger partial charge in [-0.2, -0.15) is 13.2 Å². The van der Waals surface area contributed by atoms with Crippen molar-refractivity contribution in [1.29, 1.82) is 0 Å². The first-order valence-electron chi connectivity index (χ1n) is 8.22. The summed E-state index contributed by atoms with van der Waals surface area (Å²) in [5.74, 6) is -1.51. The van der Waals surface area contributed by atoms with Crippen LogP contribution in [0.15, 0.2) is 36.5 Å². The number of anilines is 1. The summed E-state index contributed by atoms with van der Waals surface area (Å²) in [4.78, 5) is 28.7. The topological polar surface area (TPSA) is 71.5 Å². The van der Waals surface area contributed by atoms with Gasteiger partial charge in [0.05, 0.1) is 11.3 Å². The lowest BCUT2D eigenvalue weighted by molar-refractivity contribution is -0.137. The number of benzene rings is 1. The van der Waals surface area contributed by atoms with E-state index in [0.717, 1.165) is 18.2 Å². The van der Waals surface area contributed by atoms with Gasteiger partial charge >= 0.3 is 6.18 Å². The molecule has 0 radical (unpaired) electrons. The van der Waals surface area contributed by atoms with Crippen LogP contribution in [0.1, 0.15) is 18.4 Å². The molecule has 1 aromatic carbocycles. The van der Waals surface area contributed by atoms with Crippen molar-refractivity contribution in [2.75, 3.05) is 12.4 Å². The SMILES string of the molecule is CN1C(=O)CCC1C(=O)Nc1cc(Oc2ccc(C(F)(F)F)cn2)ccc1F. The molecule has 0 bridgehead atoms. The van der Waals surface area contributed by atoms with E-state index in [9.17, 15) is 27.2 Å². The van der Waals surface area contributed by atoms with E-state index in [2.05, 4.69) is 10.3 Å². The molecular weight excluding hydrogens is 382 g/mol. The van der Waals surface area contributed by atoms with Gasteiger partial charge in [0.2, 0.25) is 17.7 Å². The van der Waals surface area contributed by atoms with Crippen molar-refractivity contribution in [2.24, 2.45) is 0 Å². The summed E-state index contributed by atoms with van der Waals surface area (Å²) in [7, 11) is 1.49. The molecule has 148 valence electrons. The number of aromatic nitrogens is 1. The summed E-state index contributed by atoms with van der Waals surface area (Å²) < 4.78 is 57.0. The number of carbonyl (C=O) groups excluding carboxylic acids is 2. The number of hydrogen-bond donors (Lipinski definition) is 1. The molecule has 6 nitrogen and oxygen atoms in total. The van der Waals surface area contributed by atoms with Crippen LogP contribution in [0.2, 0.25) is 0 Å². The Bertz CT molecular complexity index is 900. The molecule has 0 spiro atoms. The minimum Gasteiger partial charge on any atom is -0.439 e. The van der Waals surface area contributed by atoms with E-state index >= 15 is 0 Å². The molecule has 1 unspecified atom stereocenters. The van der Waals surface area contributed by atoms with Gasteiger partial charge in [-0.3, -0.25) is 9.59 Å². The van der Waals surface area contributed by atoms with Crippen LogP contribution in [0.25, 0.3) is 0 Å². The molecule has 1 aliphatic rings. The molecule has 10 heteroatoms. The fraction of sp³-hybridized carbons (Fsp3) is 0.278. The van der Waals surface area contributed by atoms with Gasteiger partial charge in [0.1, 0.15) is 17.6 Å². The number of alkyl halides is 3. The van der Waals surface area contributed by atoms with Gasteiger partial charge in [-0.05, 0) is 24.6 Å². The maximum Gasteiger partial charge on any atom is 0.417 e. The van der Waals surface area contributed by atoms with Crippen molar-refractivity contribution in [3.8, 4) is 11.6 Å². The average Bonchev–Trinajstić information content (AvgIpc) is 2.97. The summed E-state index contributed by atoms with van der Waals surface area (Å²) in [5.41, 5.74) is -1.11. The second kappa shape index (κ2) is 7.45. The third kappa shape index (κ3) is 4.21. The zero-order valence-corrected chi connectivity index (χ0v) is 14.6. The van der Waals surface area contributed by atoms with Crippen LogP contribution in [0.5, 0.6) is 11.6 Å². The summed E-state index contributed by atoms with van der Waals surface area (Å²) in [6.45, 7) is 0. The minimum atomic E-state index is -4.52. The third-order valence-corrected chi connectivity index (χ3v) is 4.28. The quantitative estimate of drug-likeness (QED) is 0.801. The first-order valence-corrected chi connectivity index (χ1v) is 8.22. The number of likely N-dealkylation sites (tertiary alicyclic amines) is 1. The summed E-state index contributed by atoms with van der Waals surface area (Å²) in [6.07, 6.45) is -3.34. The van der Waals surface area contributed by atoms with E-state index < -0.39 is 29.5 Å². The van der Waals surface area contributed by atoms with Crippen molar-refractivity contribution in [3.63, 3.8) is 0 Å². The zero-order chi connectivity index (χ0) is 20.5. The van der Waals surface area contributed by atoms with Gasteiger partial charge in [-0.25, -0.2) is 9.37 Å². The standard InChI is InChI=1S/C18H15F4N3O3/c1-25-14(5-7-16(25)26)17(27)24-13-8-11(3-4-12(13)19)28-15-6-2-10(9-23-15)18(20,21)22/h2-4,6,8-9,14H,5,7H2,1H3,(H,24,27). The van der Waals surface area contributed by atoms with E-state index in [1.54, 1.807) is 0 Å². The smallest absolute Gasteiger partial charge is 0.417 e. The van der Waals surface area contributed by atoms with Gasteiger partial charge in [0, 0.05) is 31.8 Å². The minimum absolute atomic E-state index is 0.0693. The monoisotopic (exact) mass is 397 g/mol. The van der Waals surface area contributed by atoms with Crippen LogP contribution in [0, 0.1) is 5.82 Å². The Balaban J connectivity index is 1.73. The maximum atomic E-state index is 14.0. The average molecular weight is 397 g/mol. The molecule has 1 aliphatic heterocycles. The molecule has 1 fully saturated rings. The fourth-order valence-electron chi connectivity index (χ4n) is 2.72. The van der Waals surface area contributed by atoms with Gasteiger partial charge in [0.15, 0.2) is 0 Å². The van der Waals surface area contributed by atoms with Crippen LogP contribution >= 0.6 is 0 Å². The first kappa shape index (κ1) is 19.6. The highest BCUT2D eigenvalue weighted by Crippen LogP contribution is 2.31. The van der Waals surface area contributed by atoms with Crippen molar-refractivity contribution in [3.05, 3.63) is 47.9 Å². The summed E-state index contributed by atoms with van der Waals surface area (Å²) >= 11 is 0. The Morgan fingerprint density at radius 3 is 2.61 bits per heavy atom. The van der Waals surface area contributed by atoms with Crippen LogP contribution in [-0.2, 0) is 15.8 Å². The normalized spacial score (nSPS) is 17.0. The van der Waals surface area contributed by atoms with Crippen LogP contribution in [0.3, 0.4) is 0 Å². The number of hydrogen-bond acceptors (Lipinski definition) is 4. The van der Waals surface area contributed by atoms with Crippen molar-refractivity contribution in [2.45, 2.75) is 25.1 Å². The Morgan fingerprint density at radius 2 is 2.04 bits per heavy atom. The largest absolute Gasteiger partial charge is 0.439 e. The molecule has 1 saturated heterocycles. The Morgan fingerprint density at radius 1 is 1.29 bits per heavy atom. The fourth-order valence-corrected chi connectivity index (χ4v) is 2.72. The van der Waals surface area contributed by atoms with Crippen LogP contribution in [-0.4, -0.2) is 34.8 Å². The molecule has 1 aromatic heterocycles. The van der Waals surface area contributed by atoms with E-state index in [0.29, 0.717) is 12.6 Å². The number of ether oxygens (including phenoxy) is 1. The summed E-state index contributed by atoms with van der Waals surface area (Å²) in [6, 6.07) is 4.61. The van der Waals surface area contributed by atoms with E-state index in [1.807, 2.05) is 0 Å².